The molecule has 8 nitrogen and oxygen atoms in total. The summed E-state index contributed by atoms with van der Waals surface area (Å²) in [5.41, 5.74) is 1.01. The molecule has 0 spiro atoms. The number of carbonyl (C=O) groups excluding carboxylic acids is 1. The van der Waals surface area contributed by atoms with E-state index in [0.29, 0.717) is 47.2 Å². The van der Waals surface area contributed by atoms with Crippen LogP contribution in [0.15, 0.2) is 60.7 Å². The molecule has 0 aliphatic carbocycles. The fourth-order valence-corrected chi connectivity index (χ4v) is 5.81. The predicted octanol–water partition coefficient (Wildman–Crippen LogP) is 5.99. The molecule has 6 rings (SSSR count). The van der Waals surface area contributed by atoms with Crippen LogP contribution in [0.2, 0.25) is 0 Å². The van der Waals surface area contributed by atoms with Crippen LogP contribution in [-0.2, 0) is 6.18 Å². The second-order valence-electron chi connectivity index (χ2n) is 9.41. The Morgan fingerprint density at radius 2 is 1.78 bits per heavy atom. The summed E-state index contributed by atoms with van der Waals surface area (Å²) in [6, 6.07) is 16.3. The van der Waals surface area contributed by atoms with Crippen molar-refractivity contribution in [3.05, 3.63) is 71.8 Å². The first-order chi connectivity index (χ1) is 19.8. The molecule has 4 heterocycles. The molecular weight excluding hydrogens is 553 g/mol. The van der Waals surface area contributed by atoms with Crippen molar-refractivity contribution >= 4 is 49.3 Å². The normalized spacial score (nSPS) is 14.0. The van der Waals surface area contributed by atoms with Gasteiger partial charge in [0.2, 0.25) is 11.8 Å². The second kappa shape index (κ2) is 10.9. The van der Waals surface area contributed by atoms with E-state index in [2.05, 4.69) is 25.6 Å². The lowest BCUT2D eigenvalue weighted by atomic mass is 10.1. The van der Waals surface area contributed by atoms with Crippen LogP contribution in [-0.4, -0.2) is 53.6 Å². The molecule has 2 aromatic carbocycles. The molecular formula is C29H25F3N6O2S. The van der Waals surface area contributed by atoms with Gasteiger partial charge >= 0.3 is 6.18 Å². The molecule has 41 heavy (non-hydrogen) atoms. The number of pyridine rings is 1. The number of alkyl halides is 3. The first-order valence-corrected chi connectivity index (χ1v) is 13.9. The van der Waals surface area contributed by atoms with E-state index in [9.17, 15) is 18.0 Å². The number of thiophene rings is 1. The summed E-state index contributed by atoms with van der Waals surface area (Å²) in [5.74, 6) is 0.309. The van der Waals surface area contributed by atoms with Crippen LogP contribution in [0.1, 0.15) is 22.8 Å². The summed E-state index contributed by atoms with van der Waals surface area (Å²) < 4.78 is 49.8. The number of nitrogens with one attached hydrogen (secondary N) is 2. The van der Waals surface area contributed by atoms with Crippen molar-refractivity contribution in [2.75, 3.05) is 43.0 Å². The molecule has 210 valence electrons. The standard InChI is InChI=1S/C29H25F3N6O2S/c1-2-40-26-24-23(36-28(37-26)38-14-12-33-13-15-38)22-20(29(30,31)32)16-21(35-27(22)41-24)17-8-10-19(11-9-17)34-25(39)18-6-4-3-5-7-18/h3-11,16,33H,2,12-15H2,1H3,(H,34,39). The van der Waals surface area contributed by atoms with Crippen LogP contribution in [0.4, 0.5) is 24.8 Å². The zero-order chi connectivity index (χ0) is 28.6. The fourth-order valence-electron chi connectivity index (χ4n) is 4.73. The average Bonchev–Trinajstić information content (AvgIpc) is 3.36. The molecule has 0 bridgehead atoms. The Kier molecular flexibility index (Phi) is 7.18. The zero-order valence-corrected chi connectivity index (χ0v) is 22.8. The minimum Gasteiger partial charge on any atom is -0.477 e. The van der Waals surface area contributed by atoms with Crippen LogP contribution in [0.5, 0.6) is 5.88 Å². The molecule has 12 heteroatoms. The zero-order valence-electron chi connectivity index (χ0n) is 22.0. The molecule has 1 saturated heterocycles. The first-order valence-electron chi connectivity index (χ1n) is 13.1. The molecule has 3 aromatic heterocycles. The van der Waals surface area contributed by atoms with Gasteiger partial charge in [-0.25, -0.2) is 9.97 Å². The van der Waals surface area contributed by atoms with Gasteiger partial charge in [-0.2, -0.15) is 18.2 Å². The molecule has 0 unspecified atom stereocenters. The maximum atomic E-state index is 14.5. The molecule has 5 aromatic rings. The van der Waals surface area contributed by atoms with Crippen LogP contribution in [0.25, 0.3) is 31.7 Å². The van der Waals surface area contributed by atoms with Crippen molar-refractivity contribution in [2.45, 2.75) is 13.1 Å². The van der Waals surface area contributed by atoms with E-state index in [1.165, 1.54) is 0 Å². The molecule has 1 fully saturated rings. The number of hydrogen-bond donors (Lipinski definition) is 2. The lowest BCUT2D eigenvalue weighted by molar-refractivity contribution is -0.136. The van der Waals surface area contributed by atoms with Crippen molar-refractivity contribution in [3.8, 4) is 17.1 Å². The Hall–Kier alpha value is -4.29. The lowest BCUT2D eigenvalue weighted by Gasteiger charge is -2.27. The third-order valence-electron chi connectivity index (χ3n) is 6.71. The first kappa shape index (κ1) is 26.9. The smallest absolute Gasteiger partial charge is 0.417 e. The number of anilines is 2. The number of aromatic nitrogens is 3. The third kappa shape index (κ3) is 5.40. The average molecular weight is 579 g/mol. The maximum Gasteiger partial charge on any atom is 0.417 e. The molecule has 0 saturated carbocycles. The molecule has 2 N–H and O–H groups in total. The van der Waals surface area contributed by atoms with Crippen molar-refractivity contribution in [2.24, 2.45) is 0 Å². The van der Waals surface area contributed by atoms with Crippen molar-refractivity contribution < 1.29 is 22.7 Å². The van der Waals surface area contributed by atoms with Crippen LogP contribution in [0, 0.1) is 0 Å². The van der Waals surface area contributed by atoms with E-state index < -0.39 is 11.7 Å². The van der Waals surface area contributed by atoms with Gasteiger partial charge in [0.15, 0.2) is 0 Å². The van der Waals surface area contributed by atoms with E-state index >= 15 is 0 Å². The van der Waals surface area contributed by atoms with Gasteiger partial charge in [0.1, 0.15) is 15.0 Å². The number of piperazine rings is 1. The number of ether oxygens (including phenoxy) is 1. The third-order valence-corrected chi connectivity index (χ3v) is 7.77. The number of carbonyl (C=O) groups is 1. The molecule has 1 aliphatic rings. The lowest BCUT2D eigenvalue weighted by Crippen LogP contribution is -2.44. The monoisotopic (exact) mass is 578 g/mol. The van der Waals surface area contributed by atoms with Gasteiger partial charge in [-0.05, 0) is 37.3 Å². The maximum absolute atomic E-state index is 14.5. The van der Waals surface area contributed by atoms with Gasteiger partial charge in [0.05, 0.1) is 23.3 Å². The molecule has 1 aliphatic heterocycles. The quantitative estimate of drug-likeness (QED) is 0.256. The summed E-state index contributed by atoms with van der Waals surface area (Å²) in [6.45, 7) is 4.83. The Bertz CT molecular complexity index is 1720. The Labute approximate surface area is 237 Å². The van der Waals surface area contributed by atoms with Crippen molar-refractivity contribution in [1.29, 1.82) is 0 Å². The summed E-state index contributed by atoms with van der Waals surface area (Å²) in [7, 11) is 0. The van der Waals surface area contributed by atoms with Crippen molar-refractivity contribution in [3.63, 3.8) is 0 Å². The molecule has 1 amide bonds. The van der Waals surface area contributed by atoms with E-state index in [1.807, 2.05) is 11.0 Å². The van der Waals surface area contributed by atoms with E-state index in [4.69, 9.17) is 4.74 Å². The number of halogens is 3. The minimum absolute atomic E-state index is 0.0623. The highest BCUT2D eigenvalue weighted by molar-refractivity contribution is 7.25. The Balaban J connectivity index is 1.43. The number of nitrogens with zero attached hydrogens (tertiary/aromatic N) is 4. The van der Waals surface area contributed by atoms with E-state index in [0.717, 1.165) is 30.5 Å². The largest absolute Gasteiger partial charge is 0.477 e. The Morgan fingerprint density at radius 1 is 1.05 bits per heavy atom. The van der Waals surface area contributed by atoms with Gasteiger partial charge in [-0.15, -0.1) is 11.3 Å². The van der Waals surface area contributed by atoms with Gasteiger partial charge in [-0.1, -0.05) is 30.3 Å². The summed E-state index contributed by atoms with van der Waals surface area (Å²) in [4.78, 5) is 28.4. The molecule has 0 atom stereocenters. The highest BCUT2D eigenvalue weighted by atomic mass is 32.1. The summed E-state index contributed by atoms with van der Waals surface area (Å²) in [6.07, 6.45) is -4.65. The SMILES string of the molecule is CCOc1nc(N2CCNCC2)nc2c1sc1nc(-c3ccc(NC(=O)c4ccccc4)cc3)cc(C(F)(F)F)c12. The minimum atomic E-state index is -4.65. The summed E-state index contributed by atoms with van der Waals surface area (Å²) in [5, 5.41) is 5.98. The van der Waals surface area contributed by atoms with Gasteiger partial charge < -0.3 is 20.3 Å². The van der Waals surface area contributed by atoms with Crippen LogP contribution in [0.3, 0.4) is 0 Å². The van der Waals surface area contributed by atoms with Gasteiger partial charge in [0, 0.05) is 43.0 Å². The van der Waals surface area contributed by atoms with Crippen LogP contribution < -0.4 is 20.3 Å². The summed E-state index contributed by atoms with van der Waals surface area (Å²) >= 11 is 1.08. The second-order valence-corrected chi connectivity index (χ2v) is 10.4. The molecule has 0 radical (unpaired) electrons. The van der Waals surface area contributed by atoms with Gasteiger partial charge in [-0.3, -0.25) is 4.79 Å². The fraction of sp³-hybridized carbons (Fsp3) is 0.241. The van der Waals surface area contributed by atoms with Crippen molar-refractivity contribution in [1.82, 2.24) is 20.3 Å². The highest BCUT2D eigenvalue weighted by Crippen LogP contribution is 2.45. The van der Waals surface area contributed by atoms with E-state index in [1.54, 1.807) is 55.5 Å². The number of amides is 1. The number of benzene rings is 2. The van der Waals surface area contributed by atoms with E-state index in [-0.39, 0.29) is 33.2 Å². The number of rotatable bonds is 6. The highest BCUT2D eigenvalue weighted by Gasteiger charge is 2.36. The predicted molar refractivity (Wildman–Crippen MR) is 154 cm³/mol. The van der Waals surface area contributed by atoms with Crippen LogP contribution >= 0.6 is 11.3 Å². The topological polar surface area (TPSA) is 92.3 Å². The number of hydrogen-bond acceptors (Lipinski definition) is 8. The Morgan fingerprint density at radius 3 is 2.46 bits per heavy atom. The number of fused-ring (bicyclic) bond motifs is 3. The van der Waals surface area contributed by atoms with Gasteiger partial charge in [0.25, 0.3) is 5.91 Å².